The van der Waals surface area contributed by atoms with Crippen LogP contribution in [0.4, 0.5) is 4.39 Å². The van der Waals surface area contributed by atoms with Gasteiger partial charge in [-0.25, -0.2) is 17.6 Å². The summed E-state index contributed by atoms with van der Waals surface area (Å²) in [5.41, 5.74) is -0.368. The van der Waals surface area contributed by atoms with Gasteiger partial charge in [-0.15, -0.1) is 0 Å². The van der Waals surface area contributed by atoms with Crippen molar-refractivity contribution in [3.8, 4) is 0 Å². The molecule has 1 atom stereocenters. The fourth-order valence-electron chi connectivity index (χ4n) is 1.55. The van der Waals surface area contributed by atoms with Gasteiger partial charge in [0.05, 0.1) is 5.56 Å². The van der Waals surface area contributed by atoms with Gasteiger partial charge < -0.3 is 10.0 Å². The van der Waals surface area contributed by atoms with Crippen LogP contribution >= 0.6 is 0 Å². The van der Waals surface area contributed by atoms with E-state index in [1.54, 1.807) is 0 Å². The minimum absolute atomic E-state index is 0.368. The molecule has 0 spiro atoms. The number of halogens is 1. The summed E-state index contributed by atoms with van der Waals surface area (Å²) in [5.74, 6) is -3.25. The molecule has 0 bridgehead atoms. The lowest BCUT2D eigenvalue weighted by Gasteiger charge is -2.17. The number of carboxylic acids is 1. The summed E-state index contributed by atoms with van der Waals surface area (Å²) < 4.78 is 38.1. The van der Waals surface area contributed by atoms with Crippen LogP contribution in [0.25, 0.3) is 0 Å². The Labute approximate surface area is 115 Å². The average Bonchev–Trinajstić information content (AvgIpc) is 2.36. The lowest BCUT2D eigenvalue weighted by atomic mass is 10.2. The van der Waals surface area contributed by atoms with Crippen molar-refractivity contribution in [1.29, 1.82) is 0 Å². The van der Waals surface area contributed by atoms with Gasteiger partial charge in [0.1, 0.15) is 16.0 Å². The molecule has 0 radical (unpaired) electrons. The first-order valence-corrected chi connectivity index (χ1v) is 7.11. The van der Waals surface area contributed by atoms with Gasteiger partial charge in [-0.1, -0.05) is 0 Å². The summed E-state index contributed by atoms with van der Waals surface area (Å²) in [6.45, 7) is 1.15. The van der Waals surface area contributed by atoms with E-state index in [2.05, 4.69) is 0 Å². The van der Waals surface area contributed by atoms with Crippen LogP contribution in [0.1, 0.15) is 17.3 Å². The first kappa shape index (κ1) is 16.1. The van der Waals surface area contributed by atoms with Crippen molar-refractivity contribution in [3.63, 3.8) is 0 Å². The number of hydrogen-bond donors (Lipinski definition) is 1. The number of benzene rings is 1. The quantitative estimate of drug-likeness (QED) is 0.887. The Morgan fingerprint density at radius 3 is 2.25 bits per heavy atom. The van der Waals surface area contributed by atoms with E-state index in [-0.39, 0.29) is 5.56 Å². The zero-order chi connectivity index (χ0) is 15.7. The van der Waals surface area contributed by atoms with Crippen LogP contribution < -0.4 is 0 Å². The van der Waals surface area contributed by atoms with Crippen molar-refractivity contribution in [2.45, 2.75) is 17.1 Å². The molecule has 8 heteroatoms. The van der Waals surface area contributed by atoms with Crippen molar-refractivity contribution in [2.24, 2.45) is 0 Å². The topological polar surface area (TPSA) is 91.8 Å². The summed E-state index contributed by atoms with van der Waals surface area (Å²) in [6.07, 6.45) is 0. The maximum atomic E-state index is 13.8. The normalized spacial score (nSPS) is 12.8. The van der Waals surface area contributed by atoms with E-state index in [0.29, 0.717) is 6.07 Å². The fraction of sp³-hybridized carbons (Fsp3) is 0.333. The van der Waals surface area contributed by atoms with E-state index >= 15 is 0 Å². The molecule has 0 aliphatic rings. The van der Waals surface area contributed by atoms with Crippen molar-refractivity contribution >= 4 is 21.7 Å². The molecule has 0 saturated heterocycles. The van der Waals surface area contributed by atoms with Crippen LogP contribution in [0.15, 0.2) is 23.1 Å². The van der Waals surface area contributed by atoms with Gasteiger partial charge in [0.2, 0.25) is 5.91 Å². The number of amides is 1. The summed E-state index contributed by atoms with van der Waals surface area (Å²) in [5, 5.41) is 7.24. The lowest BCUT2D eigenvalue weighted by Crippen LogP contribution is -2.37. The standard InChI is InChI=1S/C12H14FNO5S/c1-7(11(15)14(2)3)20(18,19)10-5-4-8(12(16)17)6-9(10)13/h4-7H,1-3H3,(H,16,17). The highest BCUT2D eigenvalue weighted by Gasteiger charge is 2.33. The summed E-state index contributed by atoms with van der Waals surface area (Å²) >= 11 is 0. The SMILES string of the molecule is CC(C(=O)N(C)C)S(=O)(=O)c1ccc(C(=O)O)cc1F. The summed E-state index contributed by atoms with van der Waals surface area (Å²) in [7, 11) is -1.44. The molecule has 1 unspecified atom stereocenters. The molecule has 1 rings (SSSR count). The molecular weight excluding hydrogens is 289 g/mol. The van der Waals surface area contributed by atoms with Crippen molar-refractivity contribution in [2.75, 3.05) is 14.1 Å². The number of hydrogen-bond acceptors (Lipinski definition) is 4. The van der Waals surface area contributed by atoms with Gasteiger partial charge in [-0.05, 0) is 25.1 Å². The molecule has 1 N–H and O–H groups in total. The smallest absolute Gasteiger partial charge is 0.335 e. The van der Waals surface area contributed by atoms with E-state index in [0.717, 1.165) is 24.0 Å². The second kappa shape index (κ2) is 5.58. The number of carbonyl (C=O) groups is 2. The minimum atomic E-state index is -4.22. The molecule has 0 aliphatic carbocycles. The first-order valence-electron chi connectivity index (χ1n) is 5.57. The molecule has 1 aromatic rings. The highest BCUT2D eigenvalue weighted by Crippen LogP contribution is 2.21. The molecular formula is C12H14FNO5S. The Kier molecular flexibility index (Phi) is 4.49. The molecule has 1 aromatic carbocycles. The molecule has 20 heavy (non-hydrogen) atoms. The third-order valence-electron chi connectivity index (χ3n) is 2.74. The average molecular weight is 303 g/mol. The molecule has 0 saturated carbocycles. The molecule has 0 aliphatic heterocycles. The molecule has 0 fully saturated rings. The van der Waals surface area contributed by atoms with E-state index in [1.165, 1.54) is 14.1 Å². The third-order valence-corrected chi connectivity index (χ3v) is 4.82. The van der Waals surface area contributed by atoms with Crippen molar-refractivity contribution in [1.82, 2.24) is 4.90 Å². The summed E-state index contributed by atoms with van der Waals surface area (Å²) in [4.78, 5) is 22.7. The van der Waals surface area contributed by atoms with Crippen LogP contribution in [0.2, 0.25) is 0 Å². The molecule has 1 amide bonds. The van der Waals surface area contributed by atoms with Gasteiger partial charge >= 0.3 is 5.97 Å². The van der Waals surface area contributed by atoms with Gasteiger partial charge in [0.25, 0.3) is 0 Å². The minimum Gasteiger partial charge on any atom is -0.478 e. The largest absolute Gasteiger partial charge is 0.478 e. The van der Waals surface area contributed by atoms with E-state index in [4.69, 9.17) is 5.11 Å². The molecule has 0 heterocycles. The summed E-state index contributed by atoms with van der Waals surface area (Å²) in [6, 6.07) is 2.45. The fourth-order valence-corrected chi connectivity index (χ4v) is 3.00. The Morgan fingerprint density at radius 1 is 1.30 bits per heavy atom. The van der Waals surface area contributed by atoms with Gasteiger partial charge in [-0.3, -0.25) is 4.79 Å². The molecule has 6 nitrogen and oxygen atoms in total. The highest BCUT2D eigenvalue weighted by atomic mass is 32.2. The van der Waals surface area contributed by atoms with Crippen LogP contribution in [0, 0.1) is 5.82 Å². The number of carbonyl (C=O) groups excluding carboxylic acids is 1. The number of sulfone groups is 1. The highest BCUT2D eigenvalue weighted by molar-refractivity contribution is 7.92. The van der Waals surface area contributed by atoms with Crippen LogP contribution in [0.3, 0.4) is 0 Å². The lowest BCUT2D eigenvalue weighted by molar-refractivity contribution is -0.127. The zero-order valence-electron chi connectivity index (χ0n) is 11.1. The maximum Gasteiger partial charge on any atom is 0.335 e. The van der Waals surface area contributed by atoms with E-state index in [1.807, 2.05) is 0 Å². The second-order valence-corrected chi connectivity index (χ2v) is 6.61. The maximum absolute atomic E-state index is 13.8. The van der Waals surface area contributed by atoms with Crippen LogP contribution in [0.5, 0.6) is 0 Å². The first-order chi connectivity index (χ1) is 9.09. The molecule has 0 aromatic heterocycles. The predicted molar refractivity (Wildman–Crippen MR) is 68.7 cm³/mol. The van der Waals surface area contributed by atoms with E-state index in [9.17, 15) is 22.4 Å². The monoisotopic (exact) mass is 303 g/mol. The van der Waals surface area contributed by atoms with Gasteiger partial charge in [-0.2, -0.15) is 0 Å². The Bertz CT molecular complexity index is 654. The number of rotatable bonds is 4. The Morgan fingerprint density at radius 2 is 1.85 bits per heavy atom. The second-order valence-electron chi connectivity index (χ2n) is 4.37. The van der Waals surface area contributed by atoms with Gasteiger partial charge in [0.15, 0.2) is 9.84 Å². The van der Waals surface area contributed by atoms with Crippen molar-refractivity contribution < 1.29 is 27.5 Å². The Balaban J connectivity index is 3.30. The third kappa shape index (κ3) is 2.96. The van der Waals surface area contributed by atoms with Gasteiger partial charge in [0, 0.05) is 14.1 Å². The van der Waals surface area contributed by atoms with Crippen molar-refractivity contribution in [3.05, 3.63) is 29.6 Å². The van der Waals surface area contributed by atoms with E-state index < -0.39 is 37.7 Å². The Hall–Kier alpha value is -1.96. The number of aromatic carboxylic acids is 1. The number of nitrogens with zero attached hydrogens (tertiary/aromatic N) is 1. The number of carboxylic acid groups (broad SMARTS) is 1. The molecule has 110 valence electrons. The predicted octanol–water partition coefficient (Wildman–Crippen LogP) is 0.774. The van der Waals surface area contributed by atoms with Crippen LogP contribution in [-0.2, 0) is 14.6 Å². The zero-order valence-corrected chi connectivity index (χ0v) is 11.9. The van der Waals surface area contributed by atoms with Crippen LogP contribution in [-0.4, -0.2) is 49.6 Å².